The molecule has 0 saturated carbocycles. The number of hydrogen-bond acceptors (Lipinski definition) is 5. The predicted molar refractivity (Wildman–Crippen MR) is 72.9 cm³/mol. The Bertz CT molecular complexity index is 443. The van der Waals surface area contributed by atoms with Crippen molar-refractivity contribution in [3.8, 4) is 0 Å². The van der Waals surface area contributed by atoms with Gasteiger partial charge in [-0.15, -0.1) is 0 Å². The molecule has 1 aromatic rings. The first-order valence-electron chi connectivity index (χ1n) is 6.55. The standard InChI is InChI=1S/C13H21N5O/c1-13(2)4-3-12(19)18(6-5-13)9-10-7-16-11(17-14)8-15-10/h7-8H,3-6,9,14H2,1-2H3,(H,16,17). The summed E-state index contributed by atoms with van der Waals surface area (Å²) in [6, 6.07) is 0. The third kappa shape index (κ3) is 3.64. The maximum Gasteiger partial charge on any atom is 0.222 e. The van der Waals surface area contributed by atoms with E-state index in [1.54, 1.807) is 12.4 Å². The number of carbonyl (C=O) groups excluding carboxylic acids is 1. The lowest BCUT2D eigenvalue weighted by atomic mass is 9.85. The SMILES string of the molecule is CC1(C)CCC(=O)N(Cc2cnc(NN)cn2)CC1. The van der Waals surface area contributed by atoms with Gasteiger partial charge < -0.3 is 10.3 Å². The lowest BCUT2D eigenvalue weighted by Crippen LogP contribution is -2.30. The Morgan fingerprint density at radius 3 is 2.79 bits per heavy atom. The van der Waals surface area contributed by atoms with Crippen LogP contribution in [0.3, 0.4) is 0 Å². The second kappa shape index (κ2) is 5.52. The summed E-state index contributed by atoms with van der Waals surface area (Å²) in [7, 11) is 0. The molecule has 0 unspecified atom stereocenters. The van der Waals surface area contributed by atoms with E-state index in [1.165, 1.54) is 0 Å². The Kier molecular flexibility index (Phi) is 3.99. The van der Waals surface area contributed by atoms with Crippen LogP contribution < -0.4 is 11.3 Å². The molecule has 2 rings (SSSR count). The lowest BCUT2D eigenvalue weighted by Gasteiger charge is -2.23. The number of hydrazine groups is 1. The summed E-state index contributed by atoms with van der Waals surface area (Å²) < 4.78 is 0. The van der Waals surface area contributed by atoms with Gasteiger partial charge >= 0.3 is 0 Å². The molecule has 6 heteroatoms. The first-order chi connectivity index (χ1) is 9.00. The van der Waals surface area contributed by atoms with Crippen molar-refractivity contribution in [2.75, 3.05) is 12.0 Å². The van der Waals surface area contributed by atoms with E-state index < -0.39 is 0 Å². The third-order valence-corrected chi connectivity index (χ3v) is 3.63. The molecule has 0 atom stereocenters. The average molecular weight is 263 g/mol. The molecule has 0 bridgehead atoms. The normalized spacial score (nSPS) is 19.1. The van der Waals surface area contributed by atoms with Gasteiger partial charge in [0, 0.05) is 13.0 Å². The number of anilines is 1. The summed E-state index contributed by atoms with van der Waals surface area (Å²) in [4.78, 5) is 22.3. The van der Waals surface area contributed by atoms with Crippen LogP contribution in [0.5, 0.6) is 0 Å². The van der Waals surface area contributed by atoms with Gasteiger partial charge in [0.25, 0.3) is 0 Å². The quantitative estimate of drug-likeness (QED) is 0.634. The molecule has 0 radical (unpaired) electrons. The fraction of sp³-hybridized carbons (Fsp3) is 0.615. The van der Waals surface area contributed by atoms with Crippen molar-refractivity contribution in [3.05, 3.63) is 18.1 Å². The maximum absolute atomic E-state index is 12.1. The molecule has 0 spiro atoms. The summed E-state index contributed by atoms with van der Waals surface area (Å²) in [5.41, 5.74) is 3.46. The van der Waals surface area contributed by atoms with Gasteiger partial charge in [0.05, 0.1) is 24.6 Å². The van der Waals surface area contributed by atoms with Gasteiger partial charge in [0.2, 0.25) is 5.91 Å². The van der Waals surface area contributed by atoms with E-state index in [-0.39, 0.29) is 11.3 Å². The zero-order valence-corrected chi connectivity index (χ0v) is 11.5. The maximum atomic E-state index is 12.1. The monoisotopic (exact) mass is 263 g/mol. The molecule has 1 saturated heterocycles. The van der Waals surface area contributed by atoms with Gasteiger partial charge in [-0.05, 0) is 18.3 Å². The fourth-order valence-electron chi connectivity index (χ4n) is 2.16. The lowest BCUT2D eigenvalue weighted by molar-refractivity contribution is -0.131. The van der Waals surface area contributed by atoms with Crippen molar-refractivity contribution in [2.45, 2.75) is 39.7 Å². The van der Waals surface area contributed by atoms with E-state index in [1.807, 2.05) is 4.90 Å². The van der Waals surface area contributed by atoms with Crippen LogP contribution in [0.4, 0.5) is 5.82 Å². The Morgan fingerprint density at radius 1 is 1.37 bits per heavy atom. The highest BCUT2D eigenvalue weighted by Crippen LogP contribution is 2.30. The van der Waals surface area contributed by atoms with Gasteiger partial charge in [-0.25, -0.2) is 10.8 Å². The number of aromatic nitrogens is 2. The van der Waals surface area contributed by atoms with Crippen molar-refractivity contribution in [2.24, 2.45) is 11.3 Å². The number of rotatable bonds is 3. The number of nitrogens with two attached hydrogens (primary N) is 1. The zero-order valence-electron chi connectivity index (χ0n) is 11.5. The van der Waals surface area contributed by atoms with Gasteiger partial charge in [0.1, 0.15) is 0 Å². The molecule has 3 N–H and O–H groups in total. The molecular weight excluding hydrogens is 242 g/mol. The van der Waals surface area contributed by atoms with E-state index in [4.69, 9.17) is 5.84 Å². The molecule has 0 aromatic carbocycles. The summed E-state index contributed by atoms with van der Waals surface area (Å²) in [5, 5.41) is 0. The highest BCUT2D eigenvalue weighted by Gasteiger charge is 2.27. The van der Waals surface area contributed by atoms with Crippen LogP contribution >= 0.6 is 0 Å². The molecule has 0 aliphatic carbocycles. The van der Waals surface area contributed by atoms with E-state index >= 15 is 0 Å². The molecule has 2 heterocycles. The molecule has 1 aliphatic rings. The van der Waals surface area contributed by atoms with E-state index in [0.717, 1.165) is 25.1 Å². The van der Waals surface area contributed by atoms with Crippen LogP contribution in [0.15, 0.2) is 12.4 Å². The first-order valence-corrected chi connectivity index (χ1v) is 6.55. The Hall–Kier alpha value is -1.69. The van der Waals surface area contributed by atoms with Crippen molar-refractivity contribution < 1.29 is 4.79 Å². The zero-order chi connectivity index (χ0) is 13.9. The molecule has 19 heavy (non-hydrogen) atoms. The number of nitrogens with one attached hydrogen (secondary N) is 1. The number of carbonyl (C=O) groups is 1. The minimum Gasteiger partial charge on any atom is -0.337 e. The van der Waals surface area contributed by atoms with Gasteiger partial charge in [-0.2, -0.15) is 0 Å². The molecule has 1 amide bonds. The Morgan fingerprint density at radius 2 is 2.16 bits per heavy atom. The van der Waals surface area contributed by atoms with Crippen LogP contribution in [0.1, 0.15) is 38.8 Å². The summed E-state index contributed by atoms with van der Waals surface area (Å²) in [5.74, 6) is 5.96. The van der Waals surface area contributed by atoms with Gasteiger partial charge in [-0.3, -0.25) is 9.78 Å². The Balaban J connectivity index is 2.02. The van der Waals surface area contributed by atoms with Crippen LogP contribution in [-0.4, -0.2) is 27.3 Å². The minimum absolute atomic E-state index is 0.202. The molecule has 104 valence electrons. The minimum atomic E-state index is 0.202. The predicted octanol–water partition coefficient (Wildman–Crippen LogP) is 1.30. The van der Waals surface area contributed by atoms with E-state index in [0.29, 0.717) is 18.8 Å². The van der Waals surface area contributed by atoms with Crippen molar-refractivity contribution in [3.63, 3.8) is 0 Å². The highest BCUT2D eigenvalue weighted by molar-refractivity contribution is 5.76. The van der Waals surface area contributed by atoms with Crippen LogP contribution in [-0.2, 0) is 11.3 Å². The number of amides is 1. The second-order valence-electron chi connectivity index (χ2n) is 5.77. The molecule has 1 aliphatic heterocycles. The first kappa shape index (κ1) is 13.7. The smallest absolute Gasteiger partial charge is 0.222 e. The van der Waals surface area contributed by atoms with Crippen LogP contribution in [0, 0.1) is 5.41 Å². The number of hydrogen-bond donors (Lipinski definition) is 2. The van der Waals surface area contributed by atoms with E-state index in [9.17, 15) is 4.79 Å². The number of likely N-dealkylation sites (tertiary alicyclic amines) is 1. The van der Waals surface area contributed by atoms with Crippen molar-refractivity contribution in [1.82, 2.24) is 14.9 Å². The molecular formula is C13H21N5O. The number of nitrogen functional groups attached to an aromatic ring is 1. The summed E-state index contributed by atoms with van der Waals surface area (Å²) in [6.07, 6.45) is 5.81. The largest absolute Gasteiger partial charge is 0.337 e. The van der Waals surface area contributed by atoms with Crippen LogP contribution in [0.25, 0.3) is 0 Å². The topological polar surface area (TPSA) is 84.1 Å². The highest BCUT2D eigenvalue weighted by atomic mass is 16.2. The Labute approximate surface area is 113 Å². The summed E-state index contributed by atoms with van der Waals surface area (Å²) >= 11 is 0. The van der Waals surface area contributed by atoms with Crippen molar-refractivity contribution in [1.29, 1.82) is 0 Å². The second-order valence-corrected chi connectivity index (χ2v) is 5.77. The van der Waals surface area contributed by atoms with Gasteiger partial charge in [0.15, 0.2) is 5.82 Å². The molecule has 1 aromatic heterocycles. The van der Waals surface area contributed by atoms with Crippen LogP contribution in [0.2, 0.25) is 0 Å². The van der Waals surface area contributed by atoms with Crippen molar-refractivity contribution >= 4 is 11.7 Å². The summed E-state index contributed by atoms with van der Waals surface area (Å²) in [6.45, 7) is 5.73. The fourth-order valence-corrected chi connectivity index (χ4v) is 2.16. The number of nitrogens with zero attached hydrogens (tertiary/aromatic N) is 3. The third-order valence-electron chi connectivity index (χ3n) is 3.63. The molecule has 6 nitrogen and oxygen atoms in total. The van der Waals surface area contributed by atoms with E-state index in [2.05, 4.69) is 29.2 Å². The molecule has 1 fully saturated rings. The average Bonchev–Trinajstić information content (AvgIpc) is 2.53. The van der Waals surface area contributed by atoms with Gasteiger partial charge in [-0.1, -0.05) is 13.8 Å².